The van der Waals surface area contributed by atoms with Crippen molar-refractivity contribution < 1.29 is 9.18 Å². The summed E-state index contributed by atoms with van der Waals surface area (Å²) in [7, 11) is 0. The van der Waals surface area contributed by atoms with Gasteiger partial charge in [0.2, 0.25) is 6.08 Å². The molecule has 0 bridgehead atoms. The molecule has 0 aliphatic rings. The van der Waals surface area contributed by atoms with Crippen molar-refractivity contribution in [2.24, 2.45) is 4.99 Å². The molecular formula is C8H5BrFNO. The Labute approximate surface area is 77.3 Å². The number of hydrogen-bond donors (Lipinski definition) is 0. The lowest BCUT2D eigenvalue weighted by Crippen LogP contribution is -1.80. The summed E-state index contributed by atoms with van der Waals surface area (Å²) in [6, 6.07) is 4.45. The maximum atomic E-state index is 12.9. The summed E-state index contributed by atoms with van der Waals surface area (Å²) >= 11 is 3.18. The molecule has 2 nitrogen and oxygen atoms in total. The Balaban J connectivity index is 3.11. The lowest BCUT2D eigenvalue weighted by molar-refractivity contribution is 0.564. The molecule has 0 fully saturated rings. The van der Waals surface area contributed by atoms with Crippen LogP contribution in [0.5, 0.6) is 0 Å². The average molecular weight is 230 g/mol. The standard InChI is InChI=1S/C8H5BrFNO/c9-4-6-1-2-8(11-5-12)7(10)3-6/h1-3H,4H2. The first-order chi connectivity index (χ1) is 5.77. The van der Waals surface area contributed by atoms with E-state index in [4.69, 9.17) is 0 Å². The van der Waals surface area contributed by atoms with E-state index in [9.17, 15) is 9.18 Å². The molecule has 0 spiro atoms. The zero-order chi connectivity index (χ0) is 8.97. The second-order valence-corrected chi connectivity index (χ2v) is 2.68. The van der Waals surface area contributed by atoms with Gasteiger partial charge in [-0.2, -0.15) is 4.99 Å². The Morgan fingerprint density at radius 1 is 1.58 bits per heavy atom. The van der Waals surface area contributed by atoms with Gasteiger partial charge in [-0.25, -0.2) is 9.18 Å². The number of hydrogen-bond acceptors (Lipinski definition) is 2. The van der Waals surface area contributed by atoms with Gasteiger partial charge in [-0.1, -0.05) is 22.0 Å². The van der Waals surface area contributed by atoms with E-state index in [0.29, 0.717) is 5.33 Å². The Kier molecular flexibility index (Phi) is 3.14. The average Bonchev–Trinajstić information content (AvgIpc) is 2.09. The Hall–Kier alpha value is -0.990. The molecular weight excluding hydrogens is 225 g/mol. The lowest BCUT2D eigenvalue weighted by Gasteiger charge is -1.96. The predicted octanol–water partition coefficient (Wildman–Crippen LogP) is 2.69. The smallest absolute Gasteiger partial charge is 0.211 e. The third kappa shape index (κ3) is 2.00. The SMILES string of the molecule is O=C=Nc1ccc(CBr)cc1F. The number of alkyl halides is 1. The molecule has 1 rings (SSSR count). The van der Waals surface area contributed by atoms with Crippen molar-refractivity contribution in [3.8, 4) is 0 Å². The van der Waals surface area contributed by atoms with Crippen molar-refractivity contribution in [3.05, 3.63) is 29.6 Å². The molecule has 4 heteroatoms. The highest BCUT2D eigenvalue weighted by atomic mass is 79.9. The van der Waals surface area contributed by atoms with Crippen molar-refractivity contribution in [3.63, 3.8) is 0 Å². The monoisotopic (exact) mass is 229 g/mol. The third-order valence-electron chi connectivity index (χ3n) is 1.33. The zero-order valence-electron chi connectivity index (χ0n) is 6.05. The van der Waals surface area contributed by atoms with Crippen LogP contribution in [0.3, 0.4) is 0 Å². The third-order valence-corrected chi connectivity index (χ3v) is 1.98. The van der Waals surface area contributed by atoms with Crippen LogP contribution in [0.2, 0.25) is 0 Å². The first-order valence-corrected chi connectivity index (χ1v) is 4.32. The van der Waals surface area contributed by atoms with E-state index < -0.39 is 5.82 Å². The molecule has 0 atom stereocenters. The molecule has 62 valence electrons. The van der Waals surface area contributed by atoms with E-state index in [2.05, 4.69) is 20.9 Å². The summed E-state index contributed by atoms with van der Waals surface area (Å²) in [6.07, 6.45) is 1.29. The fourth-order valence-electron chi connectivity index (χ4n) is 0.773. The van der Waals surface area contributed by atoms with E-state index in [1.165, 1.54) is 18.2 Å². The summed E-state index contributed by atoms with van der Waals surface area (Å²) in [5, 5.41) is 0.578. The van der Waals surface area contributed by atoms with Gasteiger partial charge in [0.1, 0.15) is 11.5 Å². The molecule has 0 heterocycles. The maximum absolute atomic E-state index is 12.9. The van der Waals surface area contributed by atoms with Gasteiger partial charge in [-0.05, 0) is 17.7 Å². The molecule has 12 heavy (non-hydrogen) atoms. The number of carbonyl (C=O) groups excluding carboxylic acids is 1. The van der Waals surface area contributed by atoms with Gasteiger partial charge in [0.25, 0.3) is 0 Å². The van der Waals surface area contributed by atoms with Crippen LogP contribution in [0.4, 0.5) is 10.1 Å². The van der Waals surface area contributed by atoms with Crippen LogP contribution < -0.4 is 0 Å². The van der Waals surface area contributed by atoms with Gasteiger partial charge in [-0.3, -0.25) is 0 Å². The first kappa shape index (κ1) is 9.10. The molecule has 0 radical (unpaired) electrons. The van der Waals surface area contributed by atoms with Crippen LogP contribution in [0, 0.1) is 5.82 Å². The summed E-state index contributed by atoms with van der Waals surface area (Å²) in [5.41, 5.74) is 0.826. The Bertz CT molecular complexity index is 334. The van der Waals surface area contributed by atoms with E-state index in [-0.39, 0.29) is 5.69 Å². The van der Waals surface area contributed by atoms with E-state index in [1.807, 2.05) is 0 Å². The van der Waals surface area contributed by atoms with Crippen LogP contribution in [0.15, 0.2) is 23.2 Å². The molecule has 0 aromatic heterocycles. The minimum Gasteiger partial charge on any atom is -0.211 e. The van der Waals surface area contributed by atoms with Crippen molar-refractivity contribution >= 4 is 27.7 Å². The minimum atomic E-state index is -0.504. The normalized spacial score (nSPS) is 9.17. The highest BCUT2D eigenvalue weighted by molar-refractivity contribution is 9.08. The summed E-state index contributed by atoms with van der Waals surface area (Å²) in [6.45, 7) is 0. The van der Waals surface area contributed by atoms with Crippen LogP contribution in [-0.2, 0) is 10.1 Å². The van der Waals surface area contributed by atoms with Crippen LogP contribution in [-0.4, -0.2) is 6.08 Å². The largest absolute Gasteiger partial charge is 0.240 e. The van der Waals surface area contributed by atoms with Crippen LogP contribution in [0.25, 0.3) is 0 Å². The molecule has 1 aromatic rings. The molecule has 0 amide bonds. The van der Waals surface area contributed by atoms with Gasteiger partial charge in [0.15, 0.2) is 0 Å². The number of nitrogens with zero attached hydrogens (tertiary/aromatic N) is 1. The zero-order valence-corrected chi connectivity index (χ0v) is 7.64. The second kappa shape index (κ2) is 4.14. The summed E-state index contributed by atoms with van der Waals surface area (Å²) in [5.74, 6) is -0.504. The Morgan fingerprint density at radius 2 is 2.33 bits per heavy atom. The quantitative estimate of drug-likeness (QED) is 0.436. The summed E-state index contributed by atoms with van der Waals surface area (Å²) in [4.78, 5) is 13.0. The number of halogens is 2. The number of benzene rings is 1. The number of isocyanates is 1. The first-order valence-electron chi connectivity index (χ1n) is 3.20. The van der Waals surface area contributed by atoms with Gasteiger partial charge in [-0.15, -0.1) is 0 Å². The summed E-state index contributed by atoms with van der Waals surface area (Å²) < 4.78 is 12.9. The van der Waals surface area contributed by atoms with Crippen molar-refractivity contribution in [1.29, 1.82) is 0 Å². The van der Waals surface area contributed by atoms with Crippen molar-refractivity contribution in [2.45, 2.75) is 5.33 Å². The van der Waals surface area contributed by atoms with E-state index >= 15 is 0 Å². The molecule has 0 aliphatic heterocycles. The van der Waals surface area contributed by atoms with E-state index in [0.717, 1.165) is 5.56 Å². The minimum absolute atomic E-state index is 0.0229. The van der Waals surface area contributed by atoms with Crippen LogP contribution >= 0.6 is 15.9 Å². The maximum Gasteiger partial charge on any atom is 0.240 e. The second-order valence-electron chi connectivity index (χ2n) is 2.12. The molecule has 0 saturated carbocycles. The van der Waals surface area contributed by atoms with Gasteiger partial charge < -0.3 is 0 Å². The molecule has 1 aromatic carbocycles. The topological polar surface area (TPSA) is 29.4 Å². The molecule has 0 unspecified atom stereocenters. The van der Waals surface area contributed by atoms with Crippen molar-refractivity contribution in [1.82, 2.24) is 0 Å². The molecule has 0 N–H and O–H groups in total. The molecule has 0 saturated heterocycles. The van der Waals surface area contributed by atoms with Crippen molar-refractivity contribution in [2.75, 3.05) is 0 Å². The van der Waals surface area contributed by atoms with Gasteiger partial charge in [0.05, 0.1) is 0 Å². The number of aliphatic imine (C=N–C) groups is 1. The molecule has 0 aliphatic carbocycles. The van der Waals surface area contributed by atoms with Gasteiger partial charge in [0, 0.05) is 5.33 Å². The highest BCUT2D eigenvalue weighted by Gasteiger charge is 2.00. The lowest BCUT2D eigenvalue weighted by atomic mass is 10.2. The van der Waals surface area contributed by atoms with E-state index in [1.54, 1.807) is 6.07 Å². The predicted molar refractivity (Wildman–Crippen MR) is 46.8 cm³/mol. The number of rotatable bonds is 2. The van der Waals surface area contributed by atoms with Crippen LogP contribution in [0.1, 0.15) is 5.56 Å². The fourth-order valence-corrected chi connectivity index (χ4v) is 1.12. The highest BCUT2D eigenvalue weighted by Crippen LogP contribution is 2.19. The fraction of sp³-hybridized carbons (Fsp3) is 0.125. The Morgan fingerprint density at radius 3 is 2.83 bits per heavy atom. The van der Waals surface area contributed by atoms with Gasteiger partial charge >= 0.3 is 0 Å².